The maximum Gasteiger partial charge on any atom is 0.469 e. The summed E-state index contributed by atoms with van der Waals surface area (Å²) in [6, 6.07) is -0.0617. The average molecular weight is 168 g/mol. The van der Waals surface area contributed by atoms with Gasteiger partial charge in [-0.15, -0.1) is 0 Å². The van der Waals surface area contributed by atoms with Gasteiger partial charge in [0.25, 0.3) is 0 Å². The number of allylic oxidation sites excluding steroid dienone is 1. The van der Waals surface area contributed by atoms with Crippen molar-refractivity contribution in [3.05, 3.63) is 11.6 Å². The summed E-state index contributed by atoms with van der Waals surface area (Å²) >= 11 is 0. The van der Waals surface area contributed by atoms with Gasteiger partial charge in [-0.3, -0.25) is 4.52 Å². The van der Waals surface area contributed by atoms with Gasteiger partial charge < -0.3 is 9.79 Å². The molecule has 0 atom stereocenters. The Morgan fingerprint density at radius 2 is 2.60 bits per heavy atom. The third kappa shape index (κ3) is 7.85. The molecule has 0 bridgehead atoms. The number of phosphoric ester groups is 1. The van der Waals surface area contributed by atoms with Crippen LogP contribution in [-0.2, 0) is 9.09 Å². The van der Waals surface area contributed by atoms with E-state index in [4.69, 9.17) is 12.5 Å². The summed E-state index contributed by atoms with van der Waals surface area (Å²) in [5.74, 6) is 0. The lowest BCUT2D eigenvalue weighted by molar-refractivity contribution is 0.215. The van der Waals surface area contributed by atoms with Crippen molar-refractivity contribution in [1.29, 1.82) is 0 Å². The lowest BCUT2D eigenvalue weighted by atomic mass is 10.3. The van der Waals surface area contributed by atoms with E-state index < -0.39 is 14.4 Å². The smallest absolute Gasteiger partial charge is 0.303 e. The first kappa shape index (κ1) is 6.55. The van der Waals surface area contributed by atoms with Crippen LogP contribution in [0.2, 0.25) is 0 Å². The molecule has 0 aromatic rings. The molecule has 0 saturated heterocycles. The van der Waals surface area contributed by atoms with Crippen LogP contribution in [0.4, 0.5) is 0 Å². The molecule has 0 aromatic carbocycles. The average Bonchev–Trinajstić information content (AvgIpc) is 1.97. The molecule has 0 saturated carbocycles. The largest absolute Gasteiger partial charge is 0.469 e. The van der Waals surface area contributed by atoms with Gasteiger partial charge in [-0.05, 0) is 13.8 Å². The zero-order valence-electron chi connectivity index (χ0n) is 7.57. The molecule has 0 unspecified atom stereocenters. The van der Waals surface area contributed by atoms with Crippen molar-refractivity contribution in [2.75, 3.05) is 6.61 Å². The van der Waals surface area contributed by atoms with Crippen molar-refractivity contribution in [2.45, 2.75) is 13.8 Å². The maximum absolute atomic E-state index is 10.2. The van der Waals surface area contributed by atoms with Gasteiger partial charge in [-0.25, -0.2) is 4.57 Å². The lowest BCUT2D eigenvalue weighted by Crippen LogP contribution is -1.88. The van der Waals surface area contributed by atoms with Crippen molar-refractivity contribution in [1.82, 2.24) is 0 Å². The Kier molecular flexibility index (Phi) is 2.55. The monoisotopic (exact) mass is 168 g/mol. The number of hydrogen-bond donors (Lipinski definition) is 2. The van der Waals surface area contributed by atoms with Crippen LogP contribution in [0.15, 0.2) is 11.6 Å². The molecule has 0 radical (unpaired) electrons. The first-order valence-corrected chi connectivity index (χ1v) is 4.04. The number of phosphoric acid groups is 1. The zero-order chi connectivity index (χ0) is 9.78. The van der Waals surface area contributed by atoms with Gasteiger partial charge in [0.05, 0.1) is 7.98 Å². The SMILES string of the molecule is [2H]C/C(C)=C(\[2H])COP(=O)(O)O. The van der Waals surface area contributed by atoms with E-state index in [9.17, 15) is 4.57 Å². The van der Waals surface area contributed by atoms with Crippen molar-refractivity contribution in [2.24, 2.45) is 0 Å². The van der Waals surface area contributed by atoms with Gasteiger partial charge in [0.15, 0.2) is 0 Å². The molecule has 0 fully saturated rings. The summed E-state index contributed by atoms with van der Waals surface area (Å²) < 4.78 is 28.2. The fraction of sp³-hybridized carbons (Fsp3) is 0.600. The standard InChI is InChI=1S/C5H11O4P/c1-5(2)3-4-9-10(6,7)8/h3H,4H2,1-2H3,(H2,6,7,8)/i1D,3D/b5-3-. The van der Waals surface area contributed by atoms with Crippen LogP contribution >= 0.6 is 7.82 Å². The van der Waals surface area contributed by atoms with E-state index in [0.29, 0.717) is 5.57 Å². The Morgan fingerprint density at radius 1 is 2.00 bits per heavy atom. The van der Waals surface area contributed by atoms with Crippen molar-refractivity contribution in [3.8, 4) is 0 Å². The molecule has 0 rings (SSSR count). The second kappa shape index (κ2) is 3.88. The van der Waals surface area contributed by atoms with Crippen molar-refractivity contribution in [3.63, 3.8) is 0 Å². The maximum atomic E-state index is 10.2. The second-order valence-electron chi connectivity index (χ2n) is 1.72. The molecule has 10 heavy (non-hydrogen) atoms. The van der Waals surface area contributed by atoms with Crippen molar-refractivity contribution >= 4 is 7.82 Å². The van der Waals surface area contributed by atoms with E-state index >= 15 is 0 Å². The van der Waals surface area contributed by atoms with Crippen molar-refractivity contribution < 1.29 is 21.6 Å². The lowest BCUT2D eigenvalue weighted by Gasteiger charge is -2.00. The Morgan fingerprint density at radius 3 is 3.00 bits per heavy atom. The van der Waals surface area contributed by atoms with Gasteiger partial charge in [-0.2, -0.15) is 0 Å². The molecule has 0 spiro atoms. The summed E-state index contributed by atoms with van der Waals surface area (Å²) in [5.41, 5.74) is 0.434. The Bertz CT molecular complexity index is 221. The molecule has 0 aliphatic heterocycles. The van der Waals surface area contributed by atoms with E-state index in [1.807, 2.05) is 0 Å². The highest BCUT2D eigenvalue weighted by molar-refractivity contribution is 7.46. The van der Waals surface area contributed by atoms with Gasteiger partial charge in [0, 0.05) is 1.37 Å². The van der Waals surface area contributed by atoms with Crippen LogP contribution in [0.1, 0.15) is 16.6 Å². The van der Waals surface area contributed by atoms with E-state index in [1.54, 1.807) is 6.92 Å². The van der Waals surface area contributed by atoms with Crippen LogP contribution in [0.3, 0.4) is 0 Å². The molecule has 0 aliphatic rings. The highest BCUT2D eigenvalue weighted by Gasteiger charge is 2.11. The summed E-state index contributed by atoms with van der Waals surface area (Å²) in [5, 5.41) is 0. The Balaban J connectivity index is 4.04. The van der Waals surface area contributed by atoms with E-state index in [1.165, 1.54) is 0 Å². The fourth-order valence-corrected chi connectivity index (χ4v) is 0.472. The van der Waals surface area contributed by atoms with Gasteiger partial charge in [-0.1, -0.05) is 11.6 Å². The molecule has 2 N–H and O–H groups in total. The summed E-state index contributed by atoms with van der Waals surface area (Å²) in [6.45, 7) is 1.02. The van der Waals surface area contributed by atoms with E-state index in [2.05, 4.69) is 4.52 Å². The van der Waals surface area contributed by atoms with Gasteiger partial charge in [0.1, 0.15) is 0 Å². The van der Waals surface area contributed by atoms with Gasteiger partial charge >= 0.3 is 7.82 Å². The molecule has 0 aliphatic carbocycles. The molecule has 0 aromatic heterocycles. The molecule has 5 heteroatoms. The van der Waals surface area contributed by atoms with E-state index in [0.717, 1.165) is 0 Å². The van der Waals surface area contributed by atoms with E-state index in [-0.39, 0.29) is 13.0 Å². The molecule has 4 nitrogen and oxygen atoms in total. The topological polar surface area (TPSA) is 66.8 Å². The Hall–Kier alpha value is -0.150. The Labute approximate surface area is 62.6 Å². The predicted octanol–water partition coefficient (Wildman–Crippen LogP) is 1.06. The molecule has 0 heterocycles. The summed E-state index contributed by atoms with van der Waals surface area (Å²) in [4.78, 5) is 16.5. The number of rotatable bonds is 3. The molecule has 0 amide bonds. The molecule has 60 valence electrons. The van der Waals surface area contributed by atoms with Gasteiger partial charge in [0.2, 0.25) is 0 Å². The van der Waals surface area contributed by atoms with Crippen LogP contribution < -0.4 is 0 Å². The molecular formula is C5H11O4P. The minimum absolute atomic E-state index is 0.0617. The normalized spacial score (nSPS) is 17.5. The second-order valence-corrected chi connectivity index (χ2v) is 2.96. The van der Waals surface area contributed by atoms with Crippen LogP contribution in [-0.4, -0.2) is 16.4 Å². The zero-order valence-corrected chi connectivity index (χ0v) is 6.47. The minimum Gasteiger partial charge on any atom is -0.303 e. The highest BCUT2D eigenvalue weighted by Crippen LogP contribution is 2.35. The fourth-order valence-electron chi connectivity index (χ4n) is 0.240. The first-order valence-electron chi connectivity index (χ1n) is 3.72. The molecular weight excluding hydrogens is 155 g/mol. The third-order valence-electron chi connectivity index (χ3n) is 0.607. The third-order valence-corrected chi connectivity index (χ3v) is 1.07. The van der Waals surface area contributed by atoms with Crippen LogP contribution in [0, 0.1) is 0 Å². The minimum atomic E-state index is -4.49. The first-order chi connectivity index (χ1) is 5.37. The van der Waals surface area contributed by atoms with Crippen LogP contribution in [0.5, 0.6) is 0 Å². The quantitative estimate of drug-likeness (QED) is 0.488. The summed E-state index contributed by atoms with van der Waals surface area (Å²) in [7, 11) is -4.49. The van der Waals surface area contributed by atoms with Crippen LogP contribution in [0.25, 0.3) is 0 Å². The summed E-state index contributed by atoms with van der Waals surface area (Å²) in [6.07, 6.45) is 0. The number of hydrogen-bond acceptors (Lipinski definition) is 2. The highest BCUT2D eigenvalue weighted by atomic mass is 31.2. The predicted molar refractivity (Wildman–Crippen MR) is 37.4 cm³/mol.